The summed E-state index contributed by atoms with van der Waals surface area (Å²) in [7, 11) is 0. The number of ether oxygens (including phenoxy) is 1. The van der Waals surface area contributed by atoms with Crippen molar-refractivity contribution in [1.29, 1.82) is 0 Å². The predicted molar refractivity (Wildman–Crippen MR) is 115 cm³/mol. The van der Waals surface area contributed by atoms with Gasteiger partial charge in [-0.25, -0.2) is 4.98 Å². The first-order valence-corrected chi connectivity index (χ1v) is 9.70. The summed E-state index contributed by atoms with van der Waals surface area (Å²) in [5.74, 6) is -0.505. The number of anilines is 1. The standard InChI is InChI=1S/C23H16ClF2N3O2/c24-21-10-9-16-8-7-15(12-18(16)28-21)14-29(22(30)17-4-3-11-27-13-17)19-5-1-2-6-20(19)31-23(25)26/h1-13,23H,14H2. The zero-order chi connectivity index (χ0) is 21.8. The molecular weight excluding hydrogens is 424 g/mol. The molecule has 2 aromatic heterocycles. The highest BCUT2D eigenvalue weighted by Crippen LogP contribution is 2.32. The van der Waals surface area contributed by atoms with Crippen LogP contribution in [0.1, 0.15) is 15.9 Å². The van der Waals surface area contributed by atoms with Crippen molar-refractivity contribution < 1.29 is 18.3 Å². The van der Waals surface area contributed by atoms with Crippen LogP contribution in [0.4, 0.5) is 14.5 Å². The Morgan fingerprint density at radius 1 is 1.06 bits per heavy atom. The molecule has 0 fully saturated rings. The van der Waals surface area contributed by atoms with Gasteiger partial charge >= 0.3 is 6.61 Å². The molecule has 0 atom stereocenters. The lowest BCUT2D eigenvalue weighted by molar-refractivity contribution is -0.0495. The Hall–Kier alpha value is -3.58. The molecular formula is C23H16ClF2N3O2. The minimum Gasteiger partial charge on any atom is -0.433 e. The van der Waals surface area contributed by atoms with Crippen LogP contribution in [0.25, 0.3) is 10.9 Å². The fraction of sp³-hybridized carbons (Fsp3) is 0.0870. The van der Waals surface area contributed by atoms with Crippen LogP contribution in [0.15, 0.2) is 79.1 Å². The van der Waals surface area contributed by atoms with E-state index in [4.69, 9.17) is 11.6 Å². The van der Waals surface area contributed by atoms with Crippen molar-refractivity contribution in [2.45, 2.75) is 13.2 Å². The van der Waals surface area contributed by atoms with E-state index in [1.165, 1.54) is 17.2 Å². The lowest BCUT2D eigenvalue weighted by Gasteiger charge is -2.25. The van der Waals surface area contributed by atoms with Crippen molar-refractivity contribution >= 4 is 34.1 Å². The Kier molecular flexibility index (Phi) is 6.04. The third kappa shape index (κ3) is 4.78. The van der Waals surface area contributed by atoms with Gasteiger partial charge in [-0.2, -0.15) is 8.78 Å². The highest BCUT2D eigenvalue weighted by Gasteiger charge is 2.23. The van der Waals surface area contributed by atoms with Gasteiger partial charge in [0.1, 0.15) is 10.9 Å². The number of carbonyl (C=O) groups is 1. The van der Waals surface area contributed by atoms with Gasteiger partial charge in [-0.1, -0.05) is 35.9 Å². The molecule has 0 saturated carbocycles. The molecule has 2 heterocycles. The van der Waals surface area contributed by atoms with Gasteiger partial charge in [-0.3, -0.25) is 9.78 Å². The molecule has 0 saturated heterocycles. The normalized spacial score (nSPS) is 11.0. The topological polar surface area (TPSA) is 55.3 Å². The molecule has 0 aliphatic rings. The number of pyridine rings is 2. The van der Waals surface area contributed by atoms with Crippen LogP contribution in [0.2, 0.25) is 5.15 Å². The highest BCUT2D eigenvalue weighted by atomic mass is 35.5. The van der Waals surface area contributed by atoms with E-state index in [9.17, 15) is 13.6 Å². The van der Waals surface area contributed by atoms with Crippen LogP contribution in [0, 0.1) is 0 Å². The SMILES string of the molecule is O=C(c1cccnc1)N(Cc1ccc2ccc(Cl)nc2c1)c1ccccc1OC(F)F. The summed E-state index contributed by atoms with van der Waals surface area (Å²) in [6.07, 6.45) is 2.97. The number of alkyl halides is 2. The largest absolute Gasteiger partial charge is 0.433 e. The van der Waals surface area contributed by atoms with E-state index in [0.29, 0.717) is 16.2 Å². The quantitative estimate of drug-likeness (QED) is 0.360. The van der Waals surface area contributed by atoms with E-state index in [1.54, 1.807) is 48.7 Å². The Labute approximate surface area is 181 Å². The lowest BCUT2D eigenvalue weighted by Crippen LogP contribution is -2.31. The molecule has 156 valence electrons. The number of amides is 1. The second-order valence-electron chi connectivity index (χ2n) is 6.64. The zero-order valence-corrected chi connectivity index (χ0v) is 16.8. The summed E-state index contributed by atoms with van der Waals surface area (Å²) in [6, 6.07) is 18.5. The summed E-state index contributed by atoms with van der Waals surface area (Å²) >= 11 is 6.00. The third-order valence-electron chi connectivity index (χ3n) is 4.59. The maximum atomic E-state index is 13.3. The average molecular weight is 440 g/mol. The first-order valence-electron chi connectivity index (χ1n) is 9.32. The molecule has 0 unspecified atom stereocenters. The van der Waals surface area contributed by atoms with Crippen LogP contribution < -0.4 is 9.64 Å². The van der Waals surface area contributed by atoms with Gasteiger partial charge in [0.2, 0.25) is 0 Å². The van der Waals surface area contributed by atoms with Crippen molar-refractivity contribution in [2.24, 2.45) is 0 Å². The number of fused-ring (bicyclic) bond motifs is 1. The molecule has 0 bridgehead atoms. The Morgan fingerprint density at radius 3 is 2.65 bits per heavy atom. The molecule has 4 rings (SSSR count). The van der Waals surface area contributed by atoms with Gasteiger partial charge in [0.25, 0.3) is 5.91 Å². The van der Waals surface area contributed by atoms with Gasteiger partial charge < -0.3 is 9.64 Å². The number of rotatable bonds is 6. The van der Waals surface area contributed by atoms with Crippen LogP contribution in [-0.4, -0.2) is 22.5 Å². The smallest absolute Gasteiger partial charge is 0.387 e. The predicted octanol–water partition coefficient (Wildman–Crippen LogP) is 5.73. The van der Waals surface area contributed by atoms with Gasteiger partial charge in [0.05, 0.1) is 23.3 Å². The van der Waals surface area contributed by atoms with E-state index >= 15 is 0 Å². The number of aromatic nitrogens is 2. The molecule has 2 aromatic carbocycles. The Balaban J connectivity index is 1.77. The first-order chi connectivity index (χ1) is 15.0. The second kappa shape index (κ2) is 9.06. The molecule has 0 aliphatic heterocycles. The van der Waals surface area contributed by atoms with Crippen LogP contribution in [-0.2, 0) is 6.54 Å². The molecule has 0 N–H and O–H groups in total. The first kappa shape index (κ1) is 20.7. The number of hydrogen-bond donors (Lipinski definition) is 0. The Morgan fingerprint density at radius 2 is 1.87 bits per heavy atom. The summed E-state index contributed by atoms with van der Waals surface area (Å²) in [6.45, 7) is -2.93. The van der Waals surface area contributed by atoms with E-state index in [2.05, 4.69) is 14.7 Å². The number of hydrogen-bond acceptors (Lipinski definition) is 4. The molecule has 1 amide bonds. The van der Waals surface area contributed by atoms with Crippen molar-refractivity contribution in [3.63, 3.8) is 0 Å². The van der Waals surface area contributed by atoms with Crippen molar-refractivity contribution in [2.75, 3.05) is 4.90 Å². The minimum atomic E-state index is -3.02. The zero-order valence-electron chi connectivity index (χ0n) is 16.1. The van der Waals surface area contributed by atoms with Gasteiger partial charge in [0.15, 0.2) is 0 Å². The van der Waals surface area contributed by atoms with Gasteiger partial charge in [0, 0.05) is 17.8 Å². The van der Waals surface area contributed by atoms with Crippen molar-refractivity contribution in [3.8, 4) is 5.75 Å². The van der Waals surface area contributed by atoms with Crippen LogP contribution >= 0.6 is 11.6 Å². The molecule has 8 heteroatoms. The summed E-state index contributed by atoms with van der Waals surface area (Å²) < 4.78 is 30.6. The average Bonchev–Trinajstić information content (AvgIpc) is 2.77. The van der Waals surface area contributed by atoms with E-state index in [1.807, 2.05) is 18.2 Å². The van der Waals surface area contributed by atoms with Crippen LogP contribution in [0.5, 0.6) is 5.75 Å². The number of nitrogens with zero attached hydrogens (tertiary/aromatic N) is 3. The number of para-hydroxylation sites is 2. The maximum absolute atomic E-state index is 13.3. The molecule has 4 aromatic rings. The van der Waals surface area contributed by atoms with Crippen molar-refractivity contribution in [3.05, 3.63) is 95.4 Å². The van der Waals surface area contributed by atoms with Crippen molar-refractivity contribution in [1.82, 2.24) is 9.97 Å². The fourth-order valence-corrected chi connectivity index (χ4v) is 3.36. The third-order valence-corrected chi connectivity index (χ3v) is 4.80. The summed E-state index contributed by atoms with van der Waals surface area (Å²) in [5, 5.41) is 1.24. The number of benzene rings is 2. The number of carbonyl (C=O) groups excluding carboxylic acids is 1. The van der Waals surface area contributed by atoms with E-state index in [-0.39, 0.29) is 18.0 Å². The maximum Gasteiger partial charge on any atom is 0.387 e. The highest BCUT2D eigenvalue weighted by molar-refractivity contribution is 6.29. The molecule has 5 nitrogen and oxygen atoms in total. The van der Waals surface area contributed by atoms with Crippen LogP contribution in [0.3, 0.4) is 0 Å². The van der Waals surface area contributed by atoms with Gasteiger partial charge in [-0.05, 0) is 48.0 Å². The fourth-order valence-electron chi connectivity index (χ4n) is 3.21. The van der Waals surface area contributed by atoms with E-state index < -0.39 is 12.5 Å². The molecule has 0 aliphatic carbocycles. The lowest BCUT2D eigenvalue weighted by atomic mass is 10.1. The second-order valence-corrected chi connectivity index (χ2v) is 7.03. The number of halogens is 3. The molecule has 0 spiro atoms. The molecule has 0 radical (unpaired) electrons. The monoisotopic (exact) mass is 439 g/mol. The summed E-state index contributed by atoms with van der Waals surface area (Å²) in [5.41, 5.74) is 1.94. The van der Waals surface area contributed by atoms with Gasteiger partial charge in [-0.15, -0.1) is 0 Å². The van der Waals surface area contributed by atoms with E-state index in [0.717, 1.165) is 10.9 Å². The minimum absolute atomic E-state index is 0.0987. The Bertz CT molecular complexity index is 1220. The summed E-state index contributed by atoms with van der Waals surface area (Å²) in [4.78, 5) is 23.0. The molecule has 31 heavy (non-hydrogen) atoms.